The molecule has 0 spiro atoms. The second-order valence-corrected chi connectivity index (χ2v) is 4.17. The summed E-state index contributed by atoms with van der Waals surface area (Å²) in [5.41, 5.74) is 5.86. The van der Waals surface area contributed by atoms with Gasteiger partial charge < -0.3 is 10.5 Å². The number of nitrogen functional groups attached to an aromatic ring is 1. The standard InChI is InChI=1S/C11H10FN3OS/c1-16-9-6-10(7(12)5-8(9)13)17-11-14-3-2-4-15-11/h2-6H,13H2,1H3. The van der Waals surface area contributed by atoms with Gasteiger partial charge in [-0.3, -0.25) is 0 Å². The van der Waals surface area contributed by atoms with Gasteiger partial charge in [-0.05, 0) is 23.9 Å². The molecule has 17 heavy (non-hydrogen) atoms. The normalized spacial score (nSPS) is 10.2. The number of ether oxygens (including phenoxy) is 1. The zero-order chi connectivity index (χ0) is 12.3. The van der Waals surface area contributed by atoms with Crippen molar-refractivity contribution in [2.75, 3.05) is 12.8 Å². The van der Waals surface area contributed by atoms with Gasteiger partial charge in [0.15, 0.2) is 5.16 Å². The molecule has 1 aromatic carbocycles. The Kier molecular flexibility index (Phi) is 3.43. The van der Waals surface area contributed by atoms with Crippen molar-refractivity contribution in [3.05, 3.63) is 36.4 Å². The monoisotopic (exact) mass is 251 g/mol. The highest BCUT2D eigenvalue weighted by Crippen LogP contribution is 2.33. The van der Waals surface area contributed by atoms with Gasteiger partial charge in [0.1, 0.15) is 11.6 Å². The van der Waals surface area contributed by atoms with Crippen molar-refractivity contribution >= 4 is 17.4 Å². The molecule has 0 saturated carbocycles. The summed E-state index contributed by atoms with van der Waals surface area (Å²) in [4.78, 5) is 8.39. The SMILES string of the molecule is COc1cc(Sc2ncccn2)c(F)cc1N. The number of nitrogens with two attached hydrogens (primary N) is 1. The number of halogens is 1. The summed E-state index contributed by atoms with van der Waals surface area (Å²) < 4.78 is 18.7. The molecule has 0 unspecified atom stereocenters. The molecule has 88 valence electrons. The molecule has 4 nitrogen and oxygen atoms in total. The van der Waals surface area contributed by atoms with Crippen molar-refractivity contribution in [1.29, 1.82) is 0 Å². The molecule has 0 aliphatic heterocycles. The minimum atomic E-state index is -0.416. The van der Waals surface area contributed by atoms with E-state index < -0.39 is 5.82 Å². The van der Waals surface area contributed by atoms with Gasteiger partial charge in [0.2, 0.25) is 0 Å². The molecule has 0 aliphatic rings. The van der Waals surface area contributed by atoms with Crippen molar-refractivity contribution < 1.29 is 9.13 Å². The molecule has 6 heteroatoms. The first-order valence-corrected chi connectivity index (χ1v) is 5.60. The number of rotatable bonds is 3. The van der Waals surface area contributed by atoms with Crippen molar-refractivity contribution in [2.45, 2.75) is 10.1 Å². The average molecular weight is 251 g/mol. The topological polar surface area (TPSA) is 61.0 Å². The van der Waals surface area contributed by atoms with Gasteiger partial charge in [-0.15, -0.1) is 0 Å². The maximum absolute atomic E-state index is 13.6. The largest absolute Gasteiger partial charge is 0.495 e. The Morgan fingerprint density at radius 1 is 1.29 bits per heavy atom. The van der Waals surface area contributed by atoms with Crippen LogP contribution in [-0.2, 0) is 0 Å². The van der Waals surface area contributed by atoms with E-state index in [2.05, 4.69) is 9.97 Å². The molecular weight excluding hydrogens is 241 g/mol. The minimum Gasteiger partial charge on any atom is -0.495 e. The van der Waals surface area contributed by atoms with Crippen LogP contribution in [0, 0.1) is 5.82 Å². The zero-order valence-corrected chi connectivity index (χ0v) is 9.87. The molecule has 0 fully saturated rings. The second-order valence-electron chi connectivity index (χ2n) is 3.16. The zero-order valence-electron chi connectivity index (χ0n) is 9.05. The third kappa shape index (κ3) is 2.65. The first-order chi connectivity index (χ1) is 8.20. The summed E-state index contributed by atoms with van der Waals surface area (Å²) in [6.07, 6.45) is 3.20. The van der Waals surface area contributed by atoms with Gasteiger partial charge in [-0.2, -0.15) is 0 Å². The number of anilines is 1. The Bertz CT molecular complexity index is 522. The summed E-state index contributed by atoms with van der Waals surface area (Å²) >= 11 is 1.12. The molecule has 2 aromatic rings. The van der Waals surface area contributed by atoms with Crippen LogP contribution in [0.1, 0.15) is 0 Å². The summed E-state index contributed by atoms with van der Waals surface area (Å²) in [7, 11) is 1.48. The van der Waals surface area contributed by atoms with Crippen LogP contribution in [0.4, 0.5) is 10.1 Å². The van der Waals surface area contributed by atoms with Gasteiger partial charge in [0.05, 0.1) is 17.7 Å². The van der Waals surface area contributed by atoms with E-state index in [1.165, 1.54) is 19.2 Å². The summed E-state index contributed by atoms with van der Waals surface area (Å²) in [5.74, 6) is 0.0191. The van der Waals surface area contributed by atoms with Crippen molar-refractivity contribution in [2.24, 2.45) is 0 Å². The predicted octanol–water partition coefficient (Wildman–Crippen LogP) is 2.36. The fourth-order valence-corrected chi connectivity index (χ4v) is 1.99. The first kappa shape index (κ1) is 11.7. The number of methoxy groups -OCH3 is 1. The highest BCUT2D eigenvalue weighted by molar-refractivity contribution is 7.99. The second kappa shape index (κ2) is 5.01. The van der Waals surface area contributed by atoms with E-state index in [-0.39, 0.29) is 5.69 Å². The molecule has 1 heterocycles. The molecule has 0 saturated heterocycles. The molecule has 1 aromatic heterocycles. The van der Waals surface area contributed by atoms with Gasteiger partial charge in [-0.1, -0.05) is 0 Å². The van der Waals surface area contributed by atoms with Gasteiger partial charge in [0.25, 0.3) is 0 Å². The average Bonchev–Trinajstić information content (AvgIpc) is 2.34. The summed E-state index contributed by atoms with van der Waals surface area (Å²) in [6.45, 7) is 0. The van der Waals surface area contributed by atoms with Gasteiger partial charge >= 0.3 is 0 Å². The fraction of sp³-hybridized carbons (Fsp3) is 0.0909. The van der Waals surface area contributed by atoms with Crippen LogP contribution >= 0.6 is 11.8 Å². The van der Waals surface area contributed by atoms with E-state index in [1.54, 1.807) is 18.5 Å². The van der Waals surface area contributed by atoms with Crippen LogP contribution in [-0.4, -0.2) is 17.1 Å². The Morgan fingerprint density at radius 3 is 2.65 bits per heavy atom. The Balaban J connectivity index is 2.33. The van der Waals surface area contributed by atoms with Crippen LogP contribution < -0.4 is 10.5 Å². The highest BCUT2D eigenvalue weighted by atomic mass is 32.2. The third-order valence-electron chi connectivity index (χ3n) is 2.03. The quantitative estimate of drug-likeness (QED) is 0.670. The van der Waals surface area contributed by atoms with E-state index in [0.717, 1.165) is 11.8 Å². The Morgan fingerprint density at radius 2 is 2.00 bits per heavy atom. The number of benzene rings is 1. The van der Waals surface area contributed by atoms with Crippen LogP contribution in [0.15, 0.2) is 40.6 Å². The van der Waals surface area contributed by atoms with E-state index in [0.29, 0.717) is 15.8 Å². The van der Waals surface area contributed by atoms with Gasteiger partial charge in [0, 0.05) is 18.5 Å². The lowest BCUT2D eigenvalue weighted by Crippen LogP contribution is -1.95. The molecule has 0 radical (unpaired) electrons. The number of hydrogen-bond acceptors (Lipinski definition) is 5. The van der Waals surface area contributed by atoms with Crippen molar-refractivity contribution in [3.63, 3.8) is 0 Å². The van der Waals surface area contributed by atoms with E-state index >= 15 is 0 Å². The molecule has 0 bridgehead atoms. The maximum Gasteiger partial charge on any atom is 0.192 e. The van der Waals surface area contributed by atoms with Gasteiger partial charge in [-0.25, -0.2) is 14.4 Å². The molecule has 0 aliphatic carbocycles. The maximum atomic E-state index is 13.6. The molecule has 2 rings (SSSR count). The Labute approximate surface area is 102 Å². The number of hydrogen-bond donors (Lipinski definition) is 1. The molecular formula is C11H10FN3OS. The molecule has 2 N–H and O–H groups in total. The van der Waals surface area contributed by atoms with Crippen molar-refractivity contribution in [1.82, 2.24) is 9.97 Å². The summed E-state index contributed by atoms with van der Waals surface area (Å²) in [6, 6.07) is 4.46. The first-order valence-electron chi connectivity index (χ1n) is 4.78. The number of aromatic nitrogens is 2. The fourth-order valence-electron chi connectivity index (χ4n) is 1.24. The third-order valence-corrected chi connectivity index (χ3v) is 2.95. The lowest BCUT2D eigenvalue weighted by Gasteiger charge is -2.07. The Hall–Kier alpha value is -1.82. The van der Waals surface area contributed by atoms with Crippen LogP contribution in [0.3, 0.4) is 0 Å². The molecule has 0 amide bonds. The van der Waals surface area contributed by atoms with Crippen LogP contribution in [0.2, 0.25) is 0 Å². The lowest BCUT2D eigenvalue weighted by molar-refractivity contribution is 0.414. The lowest BCUT2D eigenvalue weighted by atomic mass is 10.3. The predicted molar refractivity (Wildman–Crippen MR) is 63.5 cm³/mol. The van der Waals surface area contributed by atoms with E-state index in [4.69, 9.17) is 10.5 Å². The van der Waals surface area contributed by atoms with Crippen molar-refractivity contribution in [3.8, 4) is 5.75 Å². The van der Waals surface area contributed by atoms with Crippen LogP contribution in [0.5, 0.6) is 5.75 Å². The van der Waals surface area contributed by atoms with E-state index in [9.17, 15) is 4.39 Å². The number of nitrogens with zero attached hydrogens (tertiary/aromatic N) is 2. The van der Waals surface area contributed by atoms with E-state index in [1.807, 2.05) is 0 Å². The van der Waals surface area contributed by atoms with Crippen LogP contribution in [0.25, 0.3) is 0 Å². The highest BCUT2D eigenvalue weighted by Gasteiger charge is 2.10. The minimum absolute atomic E-state index is 0.267. The summed E-state index contributed by atoms with van der Waals surface area (Å²) in [5, 5.41) is 0.471. The smallest absolute Gasteiger partial charge is 0.192 e. The molecule has 0 atom stereocenters.